The van der Waals surface area contributed by atoms with Crippen LogP contribution >= 0.6 is 11.8 Å². The lowest BCUT2D eigenvalue weighted by Crippen LogP contribution is -1.91. The van der Waals surface area contributed by atoms with Gasteiger partial charge in [-0.25, -0.2) is 4.98 Å². The molecule has 16 heavy (non-hydrogen) atoms. The normalized spacial score (nSPS) is 10.2. The van der Waals surface area contributed by atoms with Crippen molar-refractivity contribution < 1.29 is 5.11 Å². The van der Waals surface area contributed by atoms with Gasteiger partial charge in [0.1, 0.15) is 0 Å². The Hall–Kier alpha value is -1.57. The Morgan fingerprint density at radius 2 is 2.19 bits per heavy atom. The largest absolute Gasteiger partial charge is 0.396 e. The van der Waals surface area contributed by atoms with Crippen LogP contribution in [0.3, 0.4) is 0 Å². The molecule has 0 fully saturated rings. The molecule has 0 aliphatic carbocycles. The summed E-state index contributed by atoms with van der Waals surface area (Å²) >= 11 is 1.45. The Morgan fingerprint density at radius 3 is 2.94 bits per heavy atom. The van der Waals surface area contributed by atoms with Crippen LogP contribution in [0.25, 0.3) is 10.9 Å². The lowest BCUT2D eigenvalue weighted by Gasteiger charge is -2.03. The molecule has 0 saturated carbocycles. The fraction of sp³-hybridized carbons (Fsp3) is 0.167. The van der Waals surface area contributed by atoms with Crippen molar-refractivity contribution in [3.05, 3.63) is 35.9 Å². The summed E-state index contributed by atoms with van der Waals surface area (Å²) in [6, 6.07) is 11.5. The Balaban J connectivity index is 2.51. The molecule has 1 aromatic carbocycles. The molecule has 0 bridgehead atoms. The number of nitriles is 1. The topological polar surface area (TPSA) is 56.9 Å². The van der Waals surface area contributed by atoms with Gasteiger partial charge >= 0.3 is 0 Å². The van der Waals surface area contributed by atoms with E-state index in [0.717, 1.165) is 15.9 Å². The van der Waals surface area contributed by atoms with E-state index in [2.05, 4.69) is 11.1 Å². The molecular weight excluding hydrogens is 220 g/mol. The maximum atomic E-state index is 9.05. The Bertz CT molecular complexity index is 548. The number of benzene rings is 1. The van der Waals surface area contributed by atoms with Gasteiger partial charge in [0.15, 0.2) is 0 Å². The number of hydrogen-bond donors (Lipinski definition) is 1. The number of hydrogen-bond acceptors (Lipinski definition) is 4. The zero-order valence-corrected chi connectivity index (χ0v) is 9.37. The van der Waals surface area contributed by atoms with E-state index in [9.17, 15) is 0 Å². The van der Waals surface area contributed by atoms with E-state index in [0.29, 0.717) is 11.3 Å². The van der Waals surface area contributed by atoms with Crippen LogP contribution in [0.5, 0.6) is 0 Å². The minimum absolute atomic E-state index is 0.112. The molecule has 4 heteroatoms. The second-order valence-corrected chi connectivity index (χ2v) is 4.32. The van der Waals surface area contributed by atoms with E-state index in [1.165, 1.54) is 11.8 Å². The number of rotatable bonds is 3. The summed E-state index contributed by atoms with van der Waals surface area (Å²) in [5.74, 6) is 0.593. The molecular formula is C12H10N2OS. The van der Waals surface area contributed by atoms with E-state index in [1.54, 1.807) is 6.07 Å². The average Bonchev–Trinajstić information content (AvgIpc) is 2.35. The molecule has 0 atom stereocenters. The Morgan fingerprint density at radius 1 is 1.38 bits per heavy atom. The maximum absolute atomic E-state index is 9.05. The molecule has 1 aromatic heterocycles. The van der Waals surface area contributed by atoms with Crippen molar-refractivity contribution in [2.24, 2.45) is 0 Å². The van der Waals surface area contributed by atoms with Crippen LogP contribution in [-0.4, -0.2) is 22.5 Å². The maximum Gasteiger partial charge on any atom is 0.0999 e. The fourth-order valence-corrected chi connectivity index (χ4v) is 2.13. The quantitative estimate of drug-likeness (QED) is 0.821. The summed E-state index contributed by atoms with van der Waals surface area (Å²) in [5.41, 5.74) is 1.45. The predicted molar refractivity (Wildman–Crippen MR) is 64.3 cm³/mol. The van der Waals surface area contributed by atoms with Crippen LogP contribution in [0.1, 0.15) is 5.56 Å². The van der Waals surface area contributed by atoms with Gasteiger partial charge in [-0.05, 0) is 12.1 Å². The molecule has 0 amide bonds. The minimum Gasteiger partial charge on any atom is -0.396 e. The lowest BCUT2D eigenvalue weighted by atomic mass is 10.1. The SMILES string of the molecule is N#Cc1cc(SCCO)nc2ccccc12. The van der Waals surface area contributed by atoms with Gasteiger partial charge in [0.2, 0.25) is 0 Å². The van der Waals surface area contributed by atoms with Crippen LogP contribution in [0.15, 0.2) is 35.4 Å². The highest BCUT2D eigenvalue weighted by molar-refractivity contribution is 7.99. The van der Waals surface area contributed by atoms with Crippen LogP contribution in [0.4, 0.5) is 0 Å². The number of fused-ring (bicyclic) bond motifs is 1. The summed E-state index contributed by atoms with van der Waals surface area (Å²) < 4.78 is 0. The highest BCUT2D eigenvalue weighted by atomic mass is 32.2. The summed E-state index contributed by atoms with van der Waals surface area (Å²) in [5, 5.41) is 19.5. The molecule has 0 radical (unpaired) electrons. The first-order valence-electron chi connectivity index (χ1n) is 4.88. The summed E-state index contributed by atoms with van der Waals surface area (Å²) in [7, 11) is 0. The van der Waals surface area contributed by atoms with E-state index in [1.807, 2.05) is 24.3 Å². The number of nitrogens with zero attached hydrogens (tertiary/aromatic N) is 2. The smallest absolute Gasteiger partial charge is 0.0999 e. The Labute approximate surface area is 97.7 Å². The number of thioether (sulfide) groups is 1. The third-order valence-corrected chi connectivity index (χ3v) is 3.05. The molecule has 0 unspecified atom stereocenters. The van der Waals surface area contributed by atoms with Gasteiger partial charge in [0.25, 0.3) is 0 Å². The van der Waals surface area contributed by atoms with Gasteiger partial charge in [-0.2, -0.15) is 5.26 Å². The Kier molecular flexibility index (Phi) is 3.40. The van der Waals surface area contributed by atoms with E-state index < -0.39 is 0 Å². The molecule has 0 aliphatic heterocycles. The van der Waals surface area contributed by atoms with E-state index in [-0.39, 0.29) is 6.61 Å². The minimum atomic E-state index is 0.112. The lowest BCUT2D eigenvalue weighted by molar-refractivity contribution is 0.322. The van der Waals surface area contributed by atoms with Crippen LogP contribution in [0, 0.1) is 11.3 Å². The van der Waals surface area contributed by atoms with Crippen molar-refractivity contribution in [1.29, 1.82) is 5.26 Å². The monoisotopic (exact) mass is 230 g/mol. The van der Waals surface area contributed by atoms with Crippen LogP contribution < -0.4 is 0 Å². The zero-order chi connectivity index (χ0) is 11.4. The second-order valence-electron chi connectivity index (χ2n) is 3.21. The van der Waals surface area contributed by atoms with E-state index in [4.69, 9.17) is 10.4 Å². The van der Waals surface area contributed by atoms with Gasteiger partial charge in [-0.1, -0.05) is 18.2 Å². The second kappa shape index (κ2) is 4.97. The molecule has 0 aliphatic rings. The summed E-state index contributed by atoms with van der Waals surface area (Å²) in [6.07, 6.45) is 0. The third kappa shape index (κ3) is 2.16. The predicted octanol–water partition coefficient (Wildman–Crippen LogP) is 2.19. The first-order chi connectivity index (χ1) is 7.85. The number of aliphatic hydroxyl groups excluding tert-OH is 1. The van der Waals surface area contributed by atoms with Gasteiger partial charge in [0.05, 0.1) is 28.8 Å². The average molecular weight is 230 g/mol. The number of para-hydroxylation sites is 1. The molecule has 2 aromatic rings. The van der Waals surface area contributed by atoms with Gasteiger partial charge in [-0.15, -0.1) is 11.8 Å². The van der Waals surface area contributed by atoms with Crippen molar-refractivity contribution in [3.63, 3.8) is 0 Å². The number of aromatic nitrogens is 1. The van der Waals surface area contributed by atoms with Crippen molar-refractivity contribution in [1.82, 2.24) is 4.98 Å². The van der Waals surface area contributed by atoms with Crippen LogP contribution in [0.2, 0.25) is 0 Å². The van der Waals surface area contributed by atoms with E-state index >= 15 is 0 Å². The standard InChI is InChI=1S/C12H10N2OS/c13-8-9-7-12(16-6-5-15)14-11-4-2-1-3-10(9)11/h1-4,7,15H,5-6H2. The molecule has 0 spiro atoms. The van der Waals surface area contributed by atoms with Crippen molar-refractivity contribution in [2.45, 2.75) is 5.03 Å². The summed E-state index contributed by atoms with van der Waals surface area (Å²) in [6.45, 7) is 0.112. The zero-order valence-electron chi connectivity index (χ0n) is 8.55. The fourth-order valence-electron chi connectivity index (χ4n) is 1.47. The molecule has 2 rings (SSSR count). The van der Waals surface area contributed by atoms with Gasteiger partial charge in [-0.3, -0.25) is 0 Å². The number of pyridine rings is 1. The highest BCUT2D eigenvalue weighted by Crippen LogP contribution is 2.23. The first kappa shape index (κ1) is 10.9. The van der Waals surface area contributed by atoms with Gasteiger partial charge < -0.3 is 5.11 Å². The molecule has 1 heterocycles. The van der Waals surface area contributed by atoms with Crippen molar-refractivity contribution in [3.8, 4) is 6.07 Å². The third-order valence-electron chi connectivity index (χ3n) is 2.15. The first-order valence-corrected chi connectivity index (χ1v) is 5.87. The number of aliphatic hydroxyl groups is 1. The molecule has 80 valence electrons. The molecule has 3 nitrogen and oxygen atoms in total. The molecule has 0 saturated heterocycles. The van der Waals surface area contributed by atoms with Crippen molar-refractivity contribution in [2.75, 3.05) is 12.4 Å². The molecule has 1 N–H and O–H groups in total. The van der Waals surface area contributed by atoms with Crippen molar-refractivity contribution >= 4 is 22.7 Å². The summed E-state index contributed by atoms with van der Waals surface area (Å²) in [4.78, 5) is 4.42. The highest BCUT2D eigenvalue weighted by Gasteiger charge is 2.04. The van der Waals surface area contributed by atoms with Gasteiger partial charge in [0, 0.05) is 11.1 Å². The van der Waals surface area contributed by atoms with Crippen LogP contribution in [-0.2, 0) is 0 Å².